The number of nitrogens with two attached hydrogens (primary N) is 1. The number of carbonyl (C=O) groups excluding carboxylic acids is 1. The summed E-state index contributed by atoms with van der Waals surface area (Å²) in [6, 6.07) is 13.5. The lowest BCUT2D eigenvalue weighted by atomic mass is 10.0. The molecule has 7 nitrogen and oxygen atoms in total. The highest BCUT2D eigenvalue weighted by Crippen LogP contribution is 2.32. The number of para-hydroxylation sites is 1. The number of amides is 1. The number of aromatic nitrogens is 3. The molecule has 0 fully saturated rings. The average Bonchev–Trinajstić information content (AvgIpc) is 3.33. The summed E-state index contributed by atoms with van der Waals surface area (Å²) in [4.78, 5) is 17.6. The third-order valence-corrected chi connectivity index (χ3v) is 5.70. The highest BCUT2D eigenvalue weighted by atomic mass is 32.1. The Balaban J connectivity index is 1.38. The van der Waals surface area contributed by atoms with Crippen LogP contribution >= 0.6 is 11.3 Å². The molecule has 0 saturated heterocycles. The summed E-state index contributed by atoms with van der Waals surface area (Å²) in [6.07, 6.45) is 2.61. The number of rotatable bonds is 3. The van der Waals surface area contributed by atoms with Crippen molar-refractivity contribution >= 4 is 28.8 Å². The van der Waals surface area contributed by atoms with Gasteiger partial charge in [0.1, 0.15) is 5.75 Å². The number of nitrogen functional groups attached to an aromatic ring is 1. The van der Waals surface area contributed by atoms with E-state index >= 15 is 0 Å². The Morgan fingerprint density at radius 3 is 3.07 bits per heavy atom. The standard InChI is InChI=1S/C20H17N5O2S/c21-20-23-18-6-5-12(10-25(18)24-20)13-9-17(28-11-13)19(26)22-15-7-8-27-16-4-2-1-3-14(15)16/h1-6,9-11,15H,7-8H2,(H2,21,24)(H,22,26). The lowest BCUT2D eigenvalue weighted by Gasteiger charge is -2.26. The summed E-state index contributed by atoms with van der Waals surface area (Å²) in [5.74, 6) is 0.995. The molecule has 0 bridgehead atoms. The molecule has 5 rings (SSSR count). The predicted molar refractivity (Wildman–Crippen MR) is 107 cm³/mol. The van der Waals surface area contributed by atoms with E-state index in [2.05, 4.69) is 15.4 Å². The molecule has 8 heteroatoms. The van der Waals surface area contributed by atoms with Gasteiger partial charge in [-0.3, -0.25) is 4.79 Å². The second kappa shape index (κ2) is 6.65. The van der Waals surface area contributed by atoms with Crippen molar-refractivity contribution in [3.05, 3.63) is 64.5 Å². The number of anilines is 1. The van der Waals surface area contributed by atoms with Crippen LogP contribution in [0.4, 0.5) is 5.95 Å². The van der Waals surface area contributed by atoms with Crippen LogP contribution in [0.25, 0.3) is 16.8 Å². The molecule has 0 spiro atoms. The molecule has 140 valence electrons. The number of thiophene rings is 1. The smallest absolute Gasteiger partial charge is 0.261 e. The molecule has 0 saturated carbocycles. The highest BCUT2D eigenvalue weighted by Gasteiger charge is 2.23. The molecule has 3 N–H and O–H groups in total. The van der Waals surface area contributed by atoms with Crippen LogP contribution in [0.5, 0.6) is 5.75 Å². The highest BCUT2D eigenvalue weighted by molar-refractivity contribution is 7.12. The van der Waals surface area contributed by atoms with E-state index in [1.54, 1.807) is 4.52 Å². The number of hydrogen-bond donors (Lipinski definition) is 2. The van der Waals surface area contributed by atoms with Crippen molar-refractivity contribution in [2.45, 2.75) is 12.5 Å². The maximum Gasteiger partial charge on any atom is 0.261 e. The zero-order chi connectivity index (χ0) is 19.1. The van der Waals surface area contributed by atoms with Gasteiger partial charge >= 0.3 is 0 Å². The molecular formula is C20H17N5O2S. The number of carbonyl (C=O) groups is 1. The first kappa shape index (κ1) is 16.8. The number of benzene rings is 1. The number of nitrogens with zero attached hydrogens (tertiary/aromatic N) is 3. The van der Waals surface area contributed by atoms with Crippen molar-refractivity contribution in [2.75, 3.05) is 12.3 Å². The summed E-state index contributed by atoms with van der Waals surface area (Å²) in [5.41, 5.74) is 9.26. The van der Waals surface area contributed by atoms with Crippen molar-refractivity contribution in [1.29, 1.82) is 0 Å². The second-order valence-corrected chi connectivity index (χ2v) is 7.50. The normalized spacial score (nSPS) is 15.8. The van der Waals surface area contributed by atoms with E-state index in [-0.39, 0.29) is 17.9 Å². The summed E-state index contributed by atoms with van der Waals surface area (Å²) in [7, 11) is 0. The van der Waals surface area contributed by atoms with Crippen LogP contribution in [-0.4, -0.2) is 27.1 Å². The Morgan fingerprint density at radius 2 is 2.14 bits per heavy atom. The van der Waals surface area contributed by atoms with Gasteiger partial charge in [-0.2, -0.15) is 4.98 Å². The minimum Gasteiger partial charge on any atom is -0.493 e. The molecule has 1 aromatic carbocycles. The lowest BCUT2D eigenvalue weighted by Crippen LogP contribution is -2.31. The Bertz CT molecular complexity index is 1180. The lowest BCUT2D eigenvalue weighted by molar-refractivity contribution is 0.0929. The number of hydrogen-bond acceptors (Lipinski definition) is 6. The van der Waals surface area contributed by atoms with Crippen LogP contribution in [0.3, 0.4) is 0 Å². The largest absolute Gasteiger partial charge is 0.493 e. The molecule has 1 aliphatic heterocycles. The SMILES string of the molecule is Nc1nc2ccc(-c3csc(C(=O)NC4CCOc5ccccc54)c3)cn2n1. The Labute approximate surface area is 164 Å². The van der Waals surface area contributed by atoms with Crippen LogP contribution in [-0.2, 0) is 0 Å². The summed E-state index contributed by atoms with van der Waals surface area (Å²) < 4.78 is 7.31. The van der Waals surface area contributed by atoms with Crippen LogP contribution in [0.15, 0.2) is 54.0 Å². The van der Waals surface area contributed by atoms with Crippen molar-refractivity contribution in [1.82, 2.24) is 19.9 Å². The fraction of sp³-hybridized carbons (Fsp3) is 0.150. The fourth-order valence-corrected chi connectivity index (χ4v) is 4.22. The van der Waals surface area contributed by atoms with Gasteiger partial charge in [0.2, 0.25) is 5.95 Å². The van der Waals surface area contributed by atoms with Gasteiger partial charge in [0, 0.05) is 23.7 Å². The number of fused-ring (bicyclic) bond motifs is 2. The van der Waals surface area contributed by atoms with Gasteiger partial charge in [0.05, 0.1) is 17.5 Å². The first-order valence-electron chi connectivity index (χ1n) is 8.91. The summed E-state index contributed by atoms with van der Waals surface area (Å²) >= 11 is 1.42. The van der Waals surface area contributed by atoms with E-state index in [0.717, 1.165) is 28.9 Å². The third-order valence-electron chi connectivity index (χ3n) is 4.77. The van der Waals surface area contributed by atoms with Crippen LogP contribution in [0.1, 0.15) is 27.7 Å². The van der Waals surface area contributed by atoms with Gasteiger partial charge in [0.15, 0.2) is 5.65 Å². The van der Waals surface area contributed by atoms with Gasteiger partial charge in [-0.05, 0) is 35.2 Å². The van der Waals surface area contributed by atoms with E-state index in [0.29, 0.717) is 17.1 Å². The number of pyridine rings is 1. The van der Waals surface area contributed by atoms with Gasteiger partial charge in [-0.15, -0.1) is 16.4 Å². The maximum absolute atomic E-state index is 12.8. The minimum atomic E-state index is -0.0796. The molecule has 1 amide bonds. The minimum absolute atomic E-state index is 0.0440. The average molecular weight is 391 g/mol. The van der Waals surface area contributed by atoms with Crippen molar-refractivity contribution < 1.29 is 9.53 Å². The van der Waals surface area contributed by atoms with Gasteiger partial charge < -0.3 is 15.8 Å². The molecule has 1 atom stereocenters. The molecule has 3 aromatic heterocycles. The van der Waals surface area contributed by atoms with E-state index in [1.165, 1.54) is 11.3 Å². The van der Waals surface area contributed by atoms with Crippen molar-refractivity contribution in [3.8, 4) is 16.9 Å². The van der Waals surface area contributed by atoms with E-state index < -0.39 is 0 Å². The molecule has 1 aliphatic rings. The first-order chi connectivity index (χ1) is 13.7. The van der Waals surface area contributed by atoms with Gasteiger partial charge in [-0.25, -0.2) is 4.52 Å². The topological polar surface area (TPSA) is 94.5 Å². The molecule has 1 unspecified atom stereocenters. The maximum atomic E-state index is 12.8. The Hall–Kier alpha value is -3.39. The molecule has 28 heavy (non-hydrogen) atoms. The van der Waals surface area contributed by atoms with Gasteiger partial charge in [0.25, 0.3) is 5.91 Å². The molecule has 0 radical (unpaired) electrons. The molecular weight excluding hydrogens is 374 g/mol. The third kappa shape index (κ3) is 2.97. The van der Waals surface area contributed by atoms with Crippen LogP contribution in [0.2, 0.25) is 0 Å². The molecule has 0 aliphatic carbocycles. The van der Waals surface area contributed by atoms with Crippen molar-refractivity contribution in [3.63, 3.8) is 0 Å². The van der Waals surface area contributed by atoms with E-state index in [4.69, 9.17) is 10.5 Å². The summed E-state index contributed by atoms with van der Waals surface area (Å²) in [6.45, 7) is 0.596. The zero-order valence-corrected chi connectivity index (χ0v) is 15.6. The van der Waals surface area contributed by atoms with Crippen LogP contribution < -0.4 is 15.8 Å². The zero-order valence-electron chi connectivity index (χ0n) is 14.8. The van der Waals surface area contributed by atoms with E-state index in [1.807, 2.05) is 54.0 Å². The Morgan fingerprint density at radius 1 is 1.25 bits per heavy atom. The monoisotopic (exact) mass is 391 g/mol. The fourth-order valence-electron chi connectivity index (χ4n) is 3.40. The Kier molecular flexibility index (Phi) is 3.98. The first-order valence-corrected chi connectivity index (χ1v) is 9.79. The molecule has 4 aromatic rings. The molecule has 4 heterocycles. The van der Waals surface area contributed by atoms with Gasteiger partial charge in [-0.1, -0.05) is 18.2 Å². The quantitative estimate of drug-likeness (QED) is 0.559. The van der Waals surface area contributed by atoms with E-state index in [9.17, 15) is 4.79 Å². The number of ether oxygens (including phenoxy) is 1. The predicted octanol–water partition coefficient (Wildman–Crippen LogP) is 3.29. The van der Waals surface area contributed by atoms with Crippen LogP contribution in [0, 0.1) is 0 Å². The summed E-state index contributed by atoms with van der Waals surface area (Å²) in [5, 5.41) is 9.24. The second-order valence-electron chi connectivity index (χ2n) is 6.59. The number of nitrogens with one attached hydrogen (secondary N) is 1. The van der Waals surface area contributed by atoms with Crippen molar-refractivity contribution in [2.24, 2.45) is 0 Å².